The van der Waals surface area contributed by atoms with Gasteiger partial charge >= 0.3 is 12.0 Å². The van der Waals surface area contributed by atoms with E-state index in [0.29, 0.717) is 4.90 Å². The van der Waals surface area contributed by atoms with Crippen molar-refractivity contribution in [1.82, 2.24) is 9.80 Å². The van der Waals surface area contributed by atoms with Crippen molar-refractivity contribution in [3.05, 3.63) is 29.8 Å². The van der Waals surface area contributed by atoms with E-state index in [1.54, 1.807) is 0 Å². The summed E-state index contributed by atoms with van der Waals surface area (Å²) in [6.45, 7) is 0.416. The van der Waals surface area contributed by atoms with Crippen LogP contribution in [0.2, 0.25) is 0 Å². The van der Waals surface area contributed by atoms with Crippen LogP contribution in [0.1, 0.15) is 6.92 Å². The van der Waals surface area contributed by atoms with E-state index in [1.165, 1.54) is 14.0 Å². The fraction of sp³-hybridized carbons (Fsp3) is 0.333. The van der Waals surface area contributed by atoms with Gasteiger partial charge in [-0.05, 0) is 19.1 Å². The van der Waals surface area contributed by atoms with Crippen LogP contribution in [-0.4, -0.2) is 59.9 Å². The first-order chi connectivity index (χ1) is 11.7. The van der Waals surface area contributed by atoms with Gasteiger partial charge in [-0.2, -0.15) is 0 Å². The number of esters is 1. The van der Waals surface area contributed by atoms with Crippen LogP contribution in [0.5, 0.6) is 0 Å². The number of anilines is 1. The van der Waals surface area contributed by atoms with E-state index in [4.69, 9.17) is 4.74 Å². The molecule has 0 aromatic heterocycles. The zero-order valence-corrected chi connectivity index (χ0v) is 13.4. The number of halogens is 2. The molecule has 0 unspecified atom stereocenters. The van der Waals surface area contributed by atoms with Crippen molar-refractivity contribution in [2.75, 3.05) is 25.5 Å². The fourth-order valence-electron chi connectivity index (χ4n) is 2.07. The molecule has 0 spiro atoms. The molecule has 1 aromatic rings. The summed E-state index contributed by atoms with van der Waals surface area (Å²) in [5, 5.41) is 2.09. The molecule has 0 radical (unpaired) electrons. The molecule has 134 valence electrons. The van der Waals surface area contributed by atoms with Gasteiger partial charge in [-0.25, -0.2) is 13.6 Å². The first kappa shape index (κ1) is 18.3. The first-order valence-corrected chi connectivity index (χ1v) is 7.20. The Morgan fingerprint density at radius 3 is 2.60 bits per heavy atom. The third kappa shape index (κ3) is 4.28. The van der Waals surface area contributed by atoms with E-state index in [2.05, 4.69) is 5.32 Å². The SMILES string of the molecule is C[C@H](OC(=O)CN1C(=O)CN(C)C1=O)C(=O)Nc1cc(F)ccc1F. The van der Waals surface area contributed by atoms with Crippen LogP contribution in [0.25, 0.3) is 0 Å². The van der Waals surface area contributed by atoms with Crippen LogP contribution in [-0.2, 0) is 19.1 Å². The zero-order valence-electron chi connectivity index (χ0n) is 13.4. The second-order valence-corrected chi connectivity index (χ2v) is 5.36. The highest BCUT2D eigenvalue weighted by atomic mass is 19.1. The highest BCUT2D eigenvalue weighted by Crippen LogP contribution is 2.16. The van der Waals surface area contributed by atoms with Crippen molar-refractivity contribution < 1.29 is 32.7 Å². The molecule has 10 heteroatoms. The Balaban J connectivity index is 1.92. The van der Waals surface area contributed by atoms with Crippen LogP contribution in [0.3, 0.4) is 0 Å². The fourth-order valence-corrected chi connectivity index (χ4v) is 2.07. The Bertz CT molecular complexity index is 740. The molecule has 0 bridgehead atoms. The second kappa shape index (κ2) is 7.24. The van der Waals surface area contributed by atoms with E-state index >= 15 is 0 Å². The average molecular weight is 355 g/mol. The van der Waals surface area contributed by atoms with Gasteiger partial charge in [0, 0.05) is 13.1 Å². The summed E-state index contributed by atoms with van der Waals surface area (Å²) < 4.78 is 31.4. The lowest BCUT2D eigenvalue weighted by Crippen LogP contribution is -2.39. The van der Waals surface area contributed by atoms with Gasteiger partial charge in [0.1, 0.15) is 24.7 Å². The molecular weight excluding hydrogens is 340 g/mol. The Labute approximate surface area is 141 Å². The number of carbonyl (C=O) groups is 4. The first-order valence-electron chi connectivity index (χ1n) is 7.20. The molecule has 1 aliphatic rings. The van der Waals surface area contributed by atoms with Gasteiger partial charge in [0.25, 0.3) is 11.8 Å². The minimum atomic E-state index is -1.35. The van der Waals surface area contributed by atoms with Gasteiger partial charge < -0.3 is 15.0 Å². The minimum Gasteiger partial charge on any atom is -0.451 e. The third-order valence-corrected chi connectivity index (χ3v) is 3.38. The lowest BCUT2D eigenvalue weighted by molar-refractivity contribution is -0.154. The number of nitrogens with zero attached hydrogens (tertiary/aromatic N) is 2. The molecule has 1 atom stereocenters. The van der Waals surface area contributed by atoms with Crippen molar-refractivity contribution in [3.8, 4) is 0 Å². The summed E-state index contributed by atoms with van der Waals surface area (Å²) in [5.41, 5.74) is -0.403. The van der Waals surface area contributed by atoms with Crippen molar-refractivity contribution >= 4 is 29.5 Å². The monoisotopic (exact) mass is 355 g/mol. The van der Waals surface area contributed by atoms with E-state index < -0.39 is 53.8 Å². The third-order valence-electron chi connectivity index (χ3n) is 3.38. The maximum atomic E-state index is 13.5. The normalized spacial score (nSPS) is 15.4. The average Bonchev–Trinajstić information content (AvgIpc) is 2.77. The van der Waals surface area contributed by atoms with Crippen molar-refractivity contribution in [2.45, 2.75) is 13.0 Å². The van der Waals surface area contributed by atoms with E-state index in [9.17, 15) is 28.0 Å². The van der Waals surface area contributed by atoms with Crippen LogP contribution in [0.15, 0.2) is 18.2 Å². The Hall–Kier alpha value is -3.04. The number of amides is 4. The maximum absolute atomic E-state index is 13.5. The molecule has 2 rings (SSSR count). The quantitative estimate of drug-likeness (QED) is 0.620. The van der Waals surface area contributed by atoms with Gasteiger partial charge in [0.15, 0.2) is 6.10 Å². The number of likely N-dealkylation sites (N-methyl/N-ethyl adjacent to an activating group) is 1. The number of nitrogens with one attached hydrogen (secondary N) is 1. The Morgan fingerprint density at radius 2 is 2.00 bits per heavy atom. The molecule has 0 aliphatic carbocycles. The van der Waals surface area contributed by atoms with E-state index in [-0.39, 0.29) is 6.54 Å². The number of rotatable bonds is 5. The maximum Gasteiger partial charge on any atom is 0.327 e. The minimum absolute atomic E-state index is 0.152. The number of imide groups is 1. The predicted molar refractivity (Wildman–Crippen MR) is 80.3 cm³/mol. The molecular formula is C15H15F2N3O5. The standard InChI is InChI=1S/C15H15F2N3O5/c1-8(14(23)18-11-5-9(16)3-4-10(11)17)25-13(22)7-20-12(21)6-19(2)15(20)24/h3-5,8H,6-7H2,1-2H3,(H,18,23)/t8-/m0/s1. The van der Waals surface area contributed by atoms with Crippen LogP contribution in [0.4, 0.5) is 19.3 Å². The molecule has 1 saturated heterocycles. The highest BCUT2D eigenvalue weighted by molar-refractivity contribution is 6.04. The molecule has 1 aliphatic heterocycles. The molecule has 1 fully saturated rings. The molecule has 4 amide bonds. The predicted octanol–water partition coefficient (Wildman–Crippen LogP) is 0.729. The number of hydrogen-bond donors (Lipinski definition) is 1. The van der Waals surface area contributed by atoms with Gasteiger partial charge in [-0.15, -0.1) is 0 Å². The number of urea groups is 1. The summed E-state index contributed by atoms with van der Waals surface area (Å²) >= 11 is 0. The Kier molecular flexibility index (Phi) is 5.30. The summed E-state index contributed by atoms with van der Waals surface area (Å²) in [6, 6.07) is 1.85. The van der Waals surface area contributed by atoms with Crippen LogP contribution in [0, 0.1) is 11.6 Å². The lowest BCUT2D eigenvalue weighted by Gasteiger charge is -2.17. The highest BCUT2D eigenvalue weighted by Gasteiger charge is 2.35. The smallest absolute Gasteiger partial charge is 0.327 e. The summed E-state index contributed by atoms with van der Waals surface area (Å²) in [7, 11) is 1.40. The van der Waals surface area contributed by atoms with Crippen molar-refractivity contribution in [1.29, 1.82) is 0 Å². The van der Waals surface area contributed by atoms with Gasteiger partial charge in [-0.1, -0.05) is 0 Å². The van der Waals surface area contributed by atoms with Gasteiger partial charge in [-0.3, -0.25) is 19.3 Å². The zero-order chi connectivity index (χ0) is 18.7. The van der Waals surface area contributed by atoms with Gasteiger partial charge in [0.05, 0.1) is 5.69 Å². The molecule has 1 heterocycles. The van der Waals surface area contributed by atoms with Crippen molar-refractivity contribution in [2.24, 2.45) is 0 Å². The molecule has 8 nitrogen and oxygen atoms in total. The molecule has 1 N–H and O–H groups in total. The summed E-state index contributed by atoms with van der Waals surface area (Å²) in [4.78, 5) is 48.7. The topological polar surface area (TPSA) is 96.0 Å². The van der Waals surface area contributed by atoms with Crippen molar-refractivity contribution in [3.63, 3.8) is 0 Å². The van der Waals surface area contributed by atoms with Gasteiger partial charge in [0.2, 0.25) is 0 Å². The second-order valence-electron chi connectivity index (χ2n) is 5.36. The van der Waals surface area contributed by atoms with E-state index in [0.717, 1.165) is 23.1 Å². The largest absolute Gasteiger partial charge is 0.451 e. The van der Waals surface area contributed by atoms with Crippen LogP contribution >= 0.6 is 0 Å². The summed E-state index contributed by atoms with van der Waals surface area (Å²) in [5.74, 6) is -4.06. The number of hydrogen-bond acceptors (Lipinski definition) is 5. The lowest BCUT2D eigenvalue weighted by atomic mass is 10.2. The molecule has 1 aromatic carbocycles. The molecule has 0 saturated carbocycles. The molecule has 25 heavy (non-hydrogen) atoms. The number of ether oxygens (including phenoxy) is 1. The summed E-state index contributed by atoms with van der Waals surface area (Å²) in [6.07, 6.45) is -1.35. The van der Waals surface area contributed by atoms with Crippen LogP contribution < -0.4 is 5.32 Å². The number of benzene rings is 1. The van der Waals surface area contributed by atoms with E-state index in [1.807, 2.05) is 0 Å². The Morgan fingerprint density at radius 1 is 1.32 bits per heavy atom. The number of carbonyl (C=O) groups excluding carboxylic acids is 4.